The number of carbonyl (C=O) groups is 1. The van der Waals surface area contributed by atoms with Crippen LogP contribution in [-0.2, 0) is 9.53 Å². The Balaban J connectivity index is 4.10. The minimum Gasteiger partial charge on any atom is -0.451 e. The van der Waals surface area contributed by atoms with Crippen LogP contribution in [0.25, 0.3) is 0 Å². The lowest BCUT2D eigenvalue weighted by atomic mass is 9.83. The molecule has 0 heterocycles. The van der Waals surface area contributed by atoms with E-state index < -0.39 is 0 Å². The summed E-state index contributed by atoms with van der Waals surface area (Å²) in [7, 11) is 0. The largest absolute Gasteiger partial charge is 0.451 e. The van der Waals surface area contributed by atoms with Gasteiger partial charge >= 0.3 is 5.97 Å². The van der Waals surface area contributed by atoms with Gasteiger partial charge in [0.15, 0.2) is 5.01 Å². The van der Waals surface area contributed by atoms with Crippen molar-refractivity contribution in [2.24, 2.45) is 11.3 Å². The molecule has 0 aliphatic carbocycles. The first-order chi connectivity index (χ1) is 5.25. The molecule has 0 rings (SSSR count). The molecule has 3 heteroatoms. The van der Waals surface area contributed by atoms with E-state index in [2.05, 4.69) is 43.6 Å². The summed E-state index contributed by atoms with van der Waals surface area (Å²) in [5, 5.41) is -0.185. The molecule has 0 aliphatic heterocycles. The predicted octanol–water partition coefficient (Wildman–Crippen LogP) is 2.95. The van der Waals surface area contributed by atoms with Crippen molar-refractivity contribution in [3.05, 3.63) is 0 Å². The molecule has 12 heavy (non-hydrogen) atoms. The Labute approximate surface area is 82.8 Å². The van der Waals surface area contributed by atoms with E-state index in [0.29, 0.717) is 5.92 Å². The molecule has 72 valence electrons. The van der Waals surface area contributed by atoms with Gasteiger partial charge in [0.25, 0.3) is 0 Å². The highest BCUT2D eigenvalue weighted by atomic mass is 79.9. The van der Waals surface area contributed by atoms with Crippen LogP contribution >= 0.6 is 15.9 Å². The summed E-state index contributed by atoms with van der Waals surface area (Å²) in [5.41, 5.74) is 0.142. The zero-order chi connectivity index (χ0) is 9.94. The molecule has 0 N–H and O–H groups in total. The number of hydrogen-bond donors (Lipinski definition) is 0. The molecular weight excluding hydrogens is 220 g/mol. The number of halogens is 1. The van der Waals surface area contributed by atoms with E-state index in [1.165, 1.54) is 6.92 Å². The maximum atomic E-state index is 10.6. The van der Waals surface area contributed by atoms with E-state index >= 15 is 0 Å². The van der Waals surface area contributed by atoms with E-state index in [0.717, 1.165) is 0 Å². The van der Waals surface area contributed by atoms with E-state index in [9.17, 15) is 4.79 Å². The van der Waals surface area contributed by atoms with Crippen LogP contribution in [0.2, 0.25) is 0 Å². The molecule has 0 saturated carbocycles. The van der Waals surface area contributed by atoms with Gasteiger partial charge in [-0.3, -0.25) is 4.79 Å². The maximum absolute atomic E-state index is 10.6. The molecule has 0 aromatic heterocycles. The molecule has 0 amide bonds. The average molecular weight is 237 g/mol. The topological polar surface area (TPSA) is 26.3 Å². The summed E-state index contributed by atoms with van der Waals surface area (Å²) >= 11 is 3.34. The van der Waals surface area contributed by atoms with Crippen molar-refractivity contribution >= 4 is 21.9 Å². The zero-order valence-corrected chi connectivity index (χ0v) is 9.94. The van der Waals surface area contributed by atoms with Crippen molar-refractivity contribution in [3.63, 3.8) is 0 Å². The molecule has 0 radical (unpaired) electrons. The fraction of sp³-hybridized carbons (Fsp3) is 0.889. The summed E-state index contributed by atoms with van der Waals surface area (Å²) in [6.07, 6.45) is 0. The number of esters is 1. The van der Waals surface area contributed by atoms with Crippen molar-refractivity contribution in [1.82, 2.24) is 0 Å². The normalized spacial score (nSPS) is 16.8. The molecule has 0 aromatic carbocycles. The van der Waals surface area contributed by atoms with Gasteiger partial charge in [0.1, 0.15) is 0 Å². The Morgan fingerprint density at radius 2 is 1.83 bits per heavy atom. The number of carbonyl (C=O) groups excluding carboxylic acids is 1. The Morgan fingerprint density at radius 1 is 1.42 bits per heavy atom. The van der Waals surface area contributed by atoms with Crippen molar-refractivity contribution < 1.29 is 9.53 Å². The molecular formula is C9H17BrO2. The van der Waals surface area contributed by atoms with Crippen LogP contribution in [0.1, 0.15) is 34.6 Å². The molecule has 0 saturated heterocycles. The molecule has 0 aliphatic rings. The fourth-order valence-electron chi connectivity index (χ4n) is 0.654. The van der Waals surface area contributed by atoms with Crippen molar-refractivity contribution in [1.29, 1.82) is 0 Å². The predicted molar refractivity (Wildman–Crippen MR) is 53.1 cm³/mol. The highest BCUT2D eigenvalue weighted by molar-refractivity contribution is 9.09. The van der Waals surface area contributed by atoms with Crippen LogP contribution in [0, 0.1) is 11.3 Å². The molecule has 2 atom stereocenters. The van der Waals surface area contributed by atoms with Gasteiger partial charge in [0.2, 0.25) is 0 Å². The smallest absolute Gasteiger partial charge is 0.303 e. The number of ether oxygens (including phenoxy) is 1. The van der Waals surface area contributed by atoms with Gasteiger partial charge in [-0.2, -0.15) is 0 Å². The summed E-state index contributed by atoms with van der Waals surface area (Å²) in [6, 6.07) is 0. The standard InChI is InChI=1S/C9H17BrO2/c1-6(9(3,4)5)8(10)12-7(2)11/h6,8H,1-5H3. The summed E-state index contributed by atoms with van der Waals surface area (Å²) < 4.78 is 5.02. The highest BCUT2D eigenvalue weighted by Crippen LogP contribution is 2.32. The number of rotatable bonds is 2. The van der Waals surface area contributed by atoms with Crippen LogP contribution in [0.5, 0.6) is 0 Å². The van der Waals surface area contributed by atoms with E-state index in [4.69, 9.17) is 4.74 Å². The van der Waals surface area contributed by atoms with Gasteiger partial charge in [-0.1, -0.05) is 27.7 Å². The summed E-state index contributed by atoms with van der Waals surface area (Å²) in [5.74, 6) is 0.0503. The van der Waals surface area contributed by atoms with Gasteiger partial charge in [0.05, 0.1) is 0 Å². The van der Waals surface area contributed by atoms with E-state index in [-0.39, 0.29) is 16.4 Å². The second-order valence-electron chi connectivity index (χ2n) is 4.12. The van der Waals surface area contributed by atoms with Crippen LogP contribution in [0.15, 0.2) is 0 Å². The van der Waals surface area contributed by atoms with E-state index in [1.54, 1.807) is 0 Å². The minimum absolute atomic E-state index is 0.142. The molecule has 0 aromatic rings. The lowest BCUT2D eigenvalue weighted by Gasteiger charge is -2.30. The van der Waals surface area contributed by atoms with Crippen LogP contribution in [0.3, 0.4) is 0 Å². The molecule has 0 spiro atoms. The second kappa shape index (κ2) is 4.26. The molecule has 2 nitrogen and oxygen atoms in total. The van der Waals surface area contributed by atoms with Gasteiger partial charge in [0, 0.05) is 12.8 Å². The first-order valence-corrected chi connectivity index (χ1v) is 4.98. The van der Waals surface area contributed by atoms with Crippen LogP contribution in [-0.4, -0.2) is 11.0 Å². The Kier molecular flexibility index (Phi) is 4.24. The van der Waals surface area contributed by atoms with Crippen molar-refractivity contribution in [2.75, 3.05) is 0 Å². The van der Waals surface area contributed by atoms with Crippen molar-refractivity contribution in [2.45, 2.75) is 39.6 Å². The van der Waals surface area contributed by atoms with Crippen LogP contribution in [0.4, 0.5) is 0 Å². The van der Waals surface area contributed by atoms with E-state index in [1.807, 2.05) is 0 Å². The fourth-order valence-corrected chi connectivity index (χ4v) is 1.71. The monoisotopic (exact) mass is 236 g/mol. The molecule has 0 bridgehead atoms. The lowest BCUT2D eigenvalue weighted by Crippen LogP contribution is -2.28. The van der Waals surface area contributed by atoms with Gasteiger partial charge in [-0.15, -0.1) is 0 Å². The molecule has 0 fully saturated rings. The minimum atomic E-state index is -0.243. The average Bonchev–Trinajstić information content (AvgIpc) is 1.82. The van der Waals surface area contributed by atoms with Gasteiger partial charge in [-0.05, 0) is 21.3 Å². The Bertz CT molecular complexity index is 160. The molecule has 2 unspecified atom stereocenters. The third-order valence-electron chi connectivity index (χ3n) is 2.04. The Hall–Kier alpha value is -0.0500. The quantitative estimate of drug-likeness (QED) is 0.545. The SMILES string of the molecule is CC(=O)OC(Br)C(C)C(C)(C)C. The second-order valence-corrected chi connectivity index (χ2v) is 5.02. The number of alkyl halides is 1. The first-order valence-electron chi connectivity index (χ1n) is 4.06. The van der Waals surface area contributed by atoms with Crippen molar-refractivity contribution in [3.8, 4) is 0 Å². The van der Waals surface area contributed by atoms with Gasteiger partial charge < -0.3 is 4.74 Å². The van der Waals surface area contributed by atoms with Gasteiger partial charge in [-0.25, -0.2) is 0 Å². The van der Waals surface area contributed by atoms with Crippen LogP contribution < -0.4 is 0 Å². The lowest BCUT2D eigenvalue weighted by molar-refractivity contribution is -0.144. The number of hydrogen-bond acceptors (Lipinski definition) is 2. The Morgan fingerprint density at radius 3 is 2.08 bits per heavy atom. The maximum Gasteiger partial charge on any atom is 0.303 e. The zero-order valence-electron chi connectivity index (χ0n) is 8.35. The first kappa shape index (κ1) is 11.9. The highest BCUT2D eigenvalue weighted by Gasteiger charge is 2.28. The summed E-state index contributed by atoms with van der Waals surface area (Å²) in [6.45, 7) is 9.84. The summed E-state index contributed by atoms with van der Waals surface area (Å²) in [4.78, 5) is 10.6. The third-order valence-corrected chi connectivity index (χ3v) is 3.02. The third kappa shape index (κ3) is 4.10.